The second kappa shape index (κ2) is 6.42. The molecule has 23 heavy (non-hydrogen) atoms. The van der Waals surface area contributed by atoms with Crippen LogP contribution in [-0.4, -0.2) is 27.5 Å². The third-order valence-electron chi connectivity index (χ3n) is 2.74. The van der Waals surface area contributed by atoms with E-state index in [4.69, 9.17) is 4.52 Å². The number of anilines is 1. The first-order valence-corrected chi connectivity index (χ1v) is 8.22. The summed E-state index contributed by atoms with van der Waals surface area (Å²) in [5, 5.41) is 14.1. The summed E-state index contributed by atoms with van der Waals surface area (Å²) in [5.41, 5.74) is 0.129. The van der Waals surface area contributed by atoms with Gasteiger partial charge in [0.05, 0.1) is 0 Å². The van der Waals surface area contributed by atoms with Gasteiger partial charge in [-0.1, -0.05) is 28.3 Å². The van der Waals surface area contributed by atoms with Crippen molar-refractivity contribution in [2.45, 2.75) is 4.34 Å². The molecule has 0 atom stereocenters. The number of amides is 1. The molecule has 3 aromatic rings. The molecular formula is C13H8F2N4O2S2. The molecule has 1 N–H and O–H groups in total. The van der Waals surface area contributed by atoms with E-state index in [-0.39, 0.29) is 17.0 Å². The number of rotatable bonds is 4. The van der Waals surface area contributed by atoms with Gasteiger partial charge >= 0.3 is 0 Å². The SMILES string of the molecule is CSc1nnc(NC(=O)c2cc(-c3ccc(F)cc3F)no2)s1. The van der Waals surface area contributed by atoms with E-state index in [1.54, 1.807) is 0 Å². The summed E-state index contributed by atoms with van der Waals surface area (Å²) in [6.07, 6.45) is 1.84. The number of hydrogen-bond acceptors (Lipinski definition) is 7. The molecular weight excluding hydrogens is 346 g/mol. The van der Waals surface area contributed by atoms with E-state index in [0.717, 1.165) is 12.1 Å². The molecule has 6 nitrogen and oxygen atoms in total. The Morgan fingerprint density at radius 2 is 2.13 bits per heavy atom. The largest absolute Gasteiger partial charge is 0.350 e. The summed E-state index contributed by atoms with van der Waals surface area (Å²) >= 11 is 2.61. The van der Waals surface area contributed by atoms with Gasteiger partial charge in [0.25, 0.3) is 5.91 Å². The molecule has 1 amide bonds. The van der Waals surface area contributed by atoms with E-state index in [0.29, 0.717) is 9.47 Å². The maximum absolute atomic E-state index is 13.7. The Bertz CT molecular complexity index is 865. The van der Waals surface area contributed by atoms with Gasteiger partial charge in [-0.05, 0) is 18.4 Å². The molecule has 2 aromatic heterocycles. The van der Waals surface area contributed by atoms with Crippen molar-refractivity contribution < 1.29 is 18.1 Å². The van der Waals surface area contributed by atoms with Crippen molar-refractivity contribution in [3.8, 4) is 11.3 Å². The molecule has 118 valence electrons. The van der Waals surface area contributed by atoms with E-state index in [2.05, 4.69) is 20.7 Å². The third kappa shape index (κ3) is 3.37. The second-order valence-corrected chi connectivity index (χ2v) is 6.26. The first-order valence-electron chi connectivity index (χ1n) is 6.18. The van der Waals surface area contributed by atoms with Crippen LogP contribution in [0.25, 0.3) is 11.3 Å². The molecule has 0 unspecified atom stereocenters. The lowest BCUT2D eigenvalue weighted by molar-refractivity contribution is 0.0988. The molecule has 2 heterocycles. The van der Waals surface area contributed by atoms with Crippen LogP contribution in [0.1, 0.15) is 10.6 Å². The number of benzene rings is 1. The van der Waals surface area contributed by atoms with Gasteiger partial charge in [0.15, 0.2) is 4.34 Å². The highest BCUT2D eigenvalue weighted by Gasteiger charge is 2.18. The summed E-state index contributed by atoms with van der Waals surface area (Å²) in [7, 11) is 0. The molecule has 0 saturated carbocycles. The van der Waals surface area contributed by atoms with Crippen LogP contribution >= 0.6 is 23.1 Å². The van der Waals surface area contributed by atoms with E-state index in [1.165, 1.54) is 35.2 Å². The van der Waals surface area contributed by atoms with E-state index >= 15 is 0 Å². The lowest BCUT2D eigenvalue weighted by atomic mass is 10.1. The maximum atomic E-state index is 13.7. The molecule has 0 aliphatic rings. The molecule has 0 aliphatic heterocycles. The van der Waals surface area contributed by atoms with Gasteiger partial charge in [-0.2, -0.15) is 0 Å². The average molecular weight is 354 g/mol. The summed E-state index contributed by atoms with van der Waals surface area (Å²) < 4.78 is 32.2. The minimum absolute atomic E-state index is 0.0368. The molecule has 0 aliphatic carbocycles. The number of carbonyl (C=O) groups is 1. The molecule has 0 spiro atoms. The van der Waals surface area contributed by atoms with Crippen LogP contribution in [0.2, 0.25) is 0 Å². The van der Waals surface area contributed by atoms with Crippen molar-refractivity contribution in [3.05, 3.63) is 41.7 Å². The lowest BCUT2D eigenvalue weighted by Gasteiger charge is -1.97. The van der Waals surface area contributed by atoms with Gasteiger partial charge in [-0.15, -0.1) is 10.2 Å². The van der Waals surface area contributed by atoms with Gasteiger partial charge < -0.3 is 4.52 Å². The number of nitrogens with zero attached hydrogens (tertiary/aromatic N) is 3. The van der Waals surface area contributed by atoms with Crippen LogP contribution in [0.3, 0.4) is 0 Å². The zero-order valence-electron chi connectivity index (χ0n) is 11.5. The van der Waals surface area contributed by atoms with Crippen LogP contribution in [-0.2, 0) is 0 Å². The first kappa shape index (κ1) is 15.6. The Labute approximate surface area is 136 Å². The molecule has 0 fully saturated rings. The van der Waals surface area contributed by atoms with Gasteiger partial charge in [-0.25, -0.2) is 8.78 Å². The molecule has 0 bridgehead atoms. The summed E-state index contributed by atoms with van der Waals surface area (Å²) in [6.45, 7) is 0. The van der Waals surface area contributed by atoms with Gasteiger partial charge in [-0.3, -0.25) is 10.1 Å². The Hall–Kier alpha value is -2.33. The standard InChI is InChI=1S/C13H8F2N4O2S2/c1-22-13-18-17-12(23-13)16-11(20)10-5-9(19-21-10)7-3-2-6(14)4-8(7)15/h2-5H,1H3,(H,16,17,20). The summed E-state index contributed by atoms with van der Waals surface area (Å²) in [4.78, 5) is 12.0. The van der Waals surface area contributed by atoms with Gasteiger partial charge in [0.1, 0.15) is 17.3 Å². The van der Waals surface area contributed by atoms with E-state index in [1.807, 2.05) is 6.26 Å². The third-order valence-corrected chi connectivity index (χ3v) is 4.56. The minimum Gasteiger partial charge on any atom is -0.350 e. The number of carbonyl (C=O) groups excluding carboxylic acids is 1. The van der Waals surface area contributed by atoms with Crippen molar-refractivity contribution in [3.63, 3.8) is 0 Å². The van der Waals surface area contributed by atoms with Crippen LogP contribution in [0.4, 0.5) is 13.9 Å². The van der Waals surface area contributed by atoms with Crippen molar-refractivity contribution in [2.75, 3.05) is 11.6 Å². The molecule has 0 radical (unpaired) electrons. The highest BCUT2D eigenvalue weighted by Crippen LogP contribution is 2.25. The summed E-state index contributed by atoms with van der Waals surface area (Å²) in [5.74, 6) is -2.20. The Balaban J connectivity index is 1.79. The zero-order valence-corrected chi connectivity index (χ0v) is 13.2. The fourth-order valence-corrected chi connectivity index (χ4v) is 2.87. The highest BCUT2D eigenvalue weighted by atomic mass is 32.2. The number of nitrogens with one attached hydrogen (secondary N) is 1. The fraction of sp³-hybridized carbons (Fsp3) is 0.0769. The Morgan fingerprint density at radius 1 is 1.30 bits per heavy atom. The quantitative estimate of drug-likeness (QED) is 0.571. The Morgan fingerprint density at radius 3 is 2.83 bits per heavy atom. The number of halogens is 2. The predicted octanol–water partition coefficient (Wildman–Crippen LogP) is 3.45. The average Bonchev–Trinajstić information content (AvgIpc) is 3.16. The van der Waals surface area contributed by atoms with Gasteiger partial charge in [0, 0.05) is 17.7 Å². The minimum atomic E-state index is -0.793. The highest BCUT2D eigenvalue weighted by molar-refractivity contribution is 8.00. The monoisotopic (exact) mass is 354 g/mol. The van der Waals surface area contributed by atoms with Crippen LogP contribution < -0.4 is 5.32 Å². The second-order valence-electron chi connectivity index (χ2n) is 4.23. The predicted molar refractivity (Wildman–Crippen MR) is 81.5 cm³/mol. The summed E-state index contributed by atoms with van der Waals surface area (Å²) in [6, 6.07) is 4.31. The number of hydrogen-bond donors (Lipinski definition) is 1. The maximum Gasteiger partial charge on any atom is 0.296 e. The Kier molecular flexibility index (Phi) is 4.35. The smallest absolute Gasteiger partial charge is 0.296 e. The van der Waals surface area contributed by atoms with Crippen LogP contribution in [0.15, 0.2) is 33.1 Å². The number of aromatic nitrogens is 3. The molecule has 1 aromatic carbocycles. The van der Waals surface area contributed by atoms with Crippen molar-refractivity contribution >= 4 is 34.1 Å². The van der Waals surface area contributed by atoms with E-state index in [9.17, 15) is 13.6 Å². The fourth-order valence-electron chi connectivity index (χ4n) is 1.71. The molecule has 3 rings (SSSR count). The molecule has 10 heteroatoms. The topological polar surface area (TPSA) is 80.9 Å². The van der Waals surface area contributed by atoms with Crippen molar-refractivity contribution in [1.29, 1.82) is 0 Å². The lowest BCUT2D eigenvalue weighted by Crippen LogP contribution is -2.10. The number of thioether (sulfide) groups is 1. The molecule has 0 saturated heterocycles. The van der Waals surface area contributed by atoms with Crippen LogP contribution in [0, 0.1) is 11.6 Å². The van der Waals surface area contributed by atoms with Gasteiger partial charge in [0.2, 0.25) is 10.9 Å². The van der Waals surface area contributed by atoms with Crippen LogP contribution in [0.5, 0.6) is 0 Å². The van der Waals surface area contributed by atoms with Crippen molar-refractivity contribution in [1.82, 2.24) is 15.4 Å². The zero-order chi connectivity index (χ0) is 16.4. The van der Waals surface area contributed by atoms with Crippen molar-refractivity contribution in [2.24, 2.45) is 0 Å². The first-order chi connectivity index (χ1) is 11.1. The van der Waals surface area contributed by atoms with E-state index < -0.39 is 17.5 Å². The normalized spacial score (nSPS) is 10.7.